The van der Waals surface area contributed by atoms with Crippen LogP contribution in [0.3, 0.4) is 0 Å². The Kier molecular flexibility index (Phi) is 6.63. The summed E-state index contributed by atoms with van der Waals surface area (Å²) >= 11 is 5.90. The van der Waals surface area contributed by atoms with Crippen LogP contribution in [0.15, 0.2) is 18.2 Å². The van der Waals surface area contributed by atoms with Crippen molar-refractivity contribution in [2.45, 2.75) is 58.3 Å². The van der Waals surface area contributed by atoms with Crippen LogP contribution in [0, 0.1) is 5.82 Å². The molecule has 0 aliphatic rings. The largest absolute Gasteiger partial charge is 0.444 e. The van der Waals surface area contributed by atoms with E-state index in [1.54, 1.807) is 20.8 Å². The predicted molar refractivity (Wildman–Crippen MR) is 84.4 cm³/mol. The second-order valence-corrected chi connectivity index (χ2v) is 6.51. The molecule has 0 bridgehead atoms. The Hall–Kier alpha value is -1.33. The Labute approximate surface area is 135 Å². The summed E-state index contributed by atoms with van der Waals surface area (Å²) in [6.45, 7) is 7.17. The van der Waals surface area contributed by atoms with Gasteiger partial charge in [-0.3, -0.25) is 0 Å². The lowest BCUT2D eigenvalue weighted by Gasteiger charge is -2.27. The smallest absolute Gasteiger partial charge is 0.407 e. The van der Waals surface area contributed by atoms with E-state index in [9.17, 15) is 14.3 Å². The summed E-state index contributed by atoms with van der Waals surface area (Å²) in [6, 6.07) is 3.61. The molecule has 0 heterocycles. The van der Waals surface area contributed by atoms with Crippen LogP contribution in [0.4, 0.5) is 9.18 Å². The topological polar surface area (TPSA) is 58.6 Å². The number of carbonyl (C=O) groups is 1. The summed E-state index contributed by atoms with van der Waals surface area (Å²) in [7, 11) is 0. The van der Waals surface area contributed by atoms with Crippen molar-refractivity contribution in [2.75, 3.05) is 0 Å². The molecule has 1 aromatic carbocycles. The normalized spacial score (nSPS) is 14.3. The highest BCUT2D eigenvalue weighted by Crippen LogP contribution is 2.29. The van der Waals surface area contributed by atoms with Gasteiger partial charge in [0.05, 0.1) is 11.1 Å². The van der Waals surface area contributed by atoms with E-state index in [2.05, 4.69) is 5.32 Å². The zero-order chi connectivity index (χ0) is 16.9. The lowest BCUT2D eigenvalue weighted by atomic mass is 9.98. The minimum absolute atomic E-state index is 0.137. The SMILES string of the molecule is CCC[C@@H](NC(=O)OC(C)(C)C)[C@H](O)c1cccc(F)c1Cl. The van der Waals surface area contributed by atoms with Gasteiger partial charge in [-0.25, -0.2) is 9.18 Å². The first kappa shape index (κ1) is 18.7. The first-order chi connectivity index (χ1) is 10.2. The molecule has 6 heteroatoms. The quantitative estimate of drug-likeness (QED) is 0.849. The zero-order valence-corrected chi connectivity index (χ0v) is 14.1. The molecule has 0 aromatic heterocycles. The highest BCUT2D eigenvalue weighted by molar-refractivity contribution is 6.31. The number of carbonyl (C=O) groups excluding carboxylic acids is 1. The summed E-state index contributed by atoms with van der Waals surface area (Å²) in [4.78, 5) is 11.9. The molecule has 1 rings (SSSR count). The summed E-state index contributed by atoms with van der Waals surface area (Å²) < 4.78 is 18.7. The molecule has 124 valence electrons. The number of aliphatic hydroxyl groups is 1. The molecular formula is C16H23ClFNO3. The van der Waals surface area contributed by atoms with Crippen LogP contribution < -0.4 is 5.32 Å². The molecule has 0 radical (unpaired) electrons. The van der Waals surface area contributed by atoms with Gasteiger partial charge < -0.3 is 15.2 Å². The second kappa shape index (κ2) is 7.79. The van der Waals surface area contributed by atoms with Gasteiger partial charge in [0.25, 0.3) is 0 Å². The van der Waals surface area contributed by atoms with E-state index in [0.29, 0.717) is 6.42 Å². The van der Waals surface area contributed by atoms with E-state index in [1.807, 2.05) is 6.92 Å². The fraction of sp³-hybridized carbons (Fsp3) is 0.562. The Morgan fingerprint density at radius 3 is 2.64 bits per heavy atom. The summed E-state index contributed by atoms with van der Waals surface area (Å²) in [6.07, 6.45) is -0.509. The van der Waals surface area contributed by atoms with Crippen LogP contribution in [0.1, 0.15) is 52.2 Å². The number of nitrogens with one attached hydrogen (secondary N) is 1. The Bertz CT molecular complexity index is 517. The number of hydrogen-bond donors (Lipinski definition) is 2. The van der Waals surface area contributed by atoms with Crippen molar-refractivity contribution in [3.05, 3.63) is 34.6 Å². The number of aliphatic hydroxyl groups excluding tert-OH is 1. The summed E-state index contributed by atoms with van der Waals surface area (Å²) in [5.74, 6) is -0.606. The lowest BCUT2D eigenvalue weighted by molar-refractivity contribution is 0.0413. The molecule has 22 heavy (non-hydrogen) atoms. The third-order valence-electron chi connectivity index (χ3n) is 2.98. The van der Waals surface area contributed by atoms with Crippen LogP contribution in [0.2, 0.25) is 5.02 Å². The maximum atomic E-state index is 13.5. The van der Waals surface area contributed by atoms with Gasteiger partial charge in [-0.1, -0.05) is 37.1 Å². The molecule has 0 aliphatic heterocycles. The molecule has 0 spiro atoms. The molecule has 1 aromatic rings. The van der Waals surface area contributed by atoms with E-state index in [-0.39, 0.29) is 10.6 Å². The Balaban J connectivity index is 2.90. The van der Waals surface area contributed by atoms with Gasteiger partial charge >= 0.3 is 6.09 Å². The fourth-order valence-electron chi connectivity index (χ4n) is 2.04. The number of rotatable bonds is 5. The first-order valence-electron chi connectivity index (χ1n) is 7.27. The average Bonchev–Trinajstić information content (AvgIpc) is 2.38. The molecule has 1 amide bonds. The van der Waals surface area contributed by atoms with Crippen LogP contribution in [-0.4, -0.2) is 22.8 Å². The van der Waals surface area contributed by atoms with Crippen LogP contribution in [0.5, 0.6) is 0 Å². The second-order valence-electron chi connectivity index (χ2n) is 6.13. The maximum absolute atomic E-state index is 13.5. The molecule has 4 nitrogen and oxygen atoms in total. The van der Waals surface area contributed by atoms with Crippen molar-refractivity contribution in [1.29, 1.82) is 0 Å². The monoisotopic (exact) mass is 331 g/mol. The van der Waals surface area contributed by atoms with Gasteiger partial charge in [-0.05, 0) is 33.3 Å². The van der Waals surface area contributed by atoms with Gasteiger partial charge in [-0.15, -0.1) is 0 Å². The molecule has 2 N–H and O–H groups in total. The predicted octanol–water partition coefficient (Wildman–Crippen LogP) is 4.21. The Morgan fingerprint density at radius 1 is 1.45 bits per heavy atom. The minimum atomic E-state index is -1.12. The number of benzene rings is 1. The van der Waals surface area contributed by atoms with Crippen molar-refractivity contribution in [1.82, 2.24) is 5.32 Å². The highest BCUT2D eigenvalue weighted by atomic mass is 35.5. The molecule has 0 saturated heterocycles. The van der Waals surface area contributed by atoms with E-state index >= 15 is 0 Å². The maximum Gasteiger partial charge on any atom is 0.407 e. The van der Waals surface area contributed by atoms with Crippen molar-refractivity contribution in [2.24, 2.45) is 0 Å². The molecule has 0 fully saturated rings. The third kappa shape index (κ3) is 5.46. The van der Waals surface area contributed by atoms with E-state index in [0.717, 1.165) is 6.42 Å². The number of halogens is 2. The fourth-order valence-corrected chi connectivity index (χ4v) is 2.28. The average molecular weight is 332 g/mol. The summed E-state index contributed by atoms with van der Waals surface area (Å²) in [5.41, 5.74) is -0.390. The third-order valence-corrected chi connectivity index (χ3v) is 3.38. The highest BCUT2D eigenvalue weighted by Gasteiger charge is 2.27. The lowest BCUT2D eigenvalue weighted by Crippen LogP contribution is -2.42. The number of hydrogen-bond acceptors (Lipinski definition) is 3. The minimum Gasteiger partial charge on any atom is -0.444 e. The molecular weight excluding hydrogens is 309 g/mol. The molecule has 0 unspecified atom stereocenters. The van der Waals surface area contributed by atoms with Crippen LogP contribution in [0.25, 0.3) is 0 Å². The molecule has 2 atom stereocenters. The number of amides is 1. The van der Waals surface area contributed by atoms with Gasteiger partial charge in [0, 0.05) is 5.56 Å². The van der Waals surface area contributed by atoms with Crippen molar-refractivity contribution >= 4 is 17.7 Å². The van der Waals surface area contributed by atoms with E-state index < -0.39 is 29.7 Å². The van der Waals surface area contributed by atoms with Crippen LogP contribution >= 0.6 is 11.6 Å². The zero-order valence-electron chi connectivity index (χ0n) is 13.3. The number of ether oxygens (including phenoxy) is 1. The van der Waals surface area contributed by atoms with Gasteiger partial charge in [0.15, 0.2) is 0 Å². The summed E-state index contributed by atoms with van der Waals surface area (Å²) in [5, 5.41) is 12.9. The van der Waals surface area contributed by atoms with Crippen molar-refractivity contribution < 1.29 is 19.0 Å². The number of alkyl carbamates (subject to hydrolysis) is 1. The van der Waals surface area contributed by atoms with Crippen molar-refractivity contribution in [3.63, 3.8) is 0 Å². The van der Waals surface area contributed by atoms with Gasteiger partial charge in [0.2, 0.25) is 0 Å². The van der Waals surface area contributed by atoms with Gasteiger partial charge in [0.1, 0.15) is 17.5 Å². The Morgan fingerprint density at radius 2 is 2.09 bits per heavy atom. The van der Waals surface area contributed by atoms with Crippen molar-refractivity contribution in [3.8, 4) is 0 Å². The van der Waals surface area contributed by atoms with E-state index in [4.69, 9.17) is 16.3 Å². The first-order valence-corrected chi connectivity index (χ1v) is 7.65. The molecule has 0 saturated carbocycles. The standard InChI is InChI=1S/C16H23ClFNO3/c1-5-7-12(19-15(21)22-16(2,3)4)14(20)10-8-6-9-11(18)13(10)17/h6,8-9,12,14,20H,5,7H2,1-4H3,(H,19,21)/t12-,14-/m1/s1. The van der Waals surface area contributed by atoms with Crippen LogP contribution in [-0.2, 0) is 4.74 Å². The molecule has 0 aliphatic carbocycles. The van der Waals surface area contributed by atoms with E-state index in [1.165, 1.54) is 18.2 Å². The van der Waals surface area contributed by atoms with Gasteiger partial charge in [-0.2, -0.15) is 0 Å².